The summed E-state index contributed by atoms with van der Waals surface area (Å²) in [5, 5.41) is 2.77. The number of nitrogens with zero attached hydrogens (tertiary/aromatic N) is 2. The molecule has 3 aromatic rings. The van der Waals surface area contributed by atoms with Crippen LogP contribution < -0.4 is 16.6 Å². The van der Waals surface area contributed by atoms with Crippen LogP contribution in [-0.4, -0.2) is 23.2 Å². The van der Waals surface area contributed by atoms with E-state index in [9.17, 15) is 9.59 Å². The van der Waals surface area contributed by atoms with Crippen LogP contribution in [0, 0.1) is 0 Å². The summed E-state index contributed by atoms with van der Waals surface area (Å²) in [6, 6.07) is 15.6. The summed E-state index contributed by atoms with van der Waals surface area (Å²) in [5.74, 6) is -0.220. The molecule has 0 saturated heterocycles. The number of pyridine rings is 1. The third-order valence-corrected chi connectivity index (χ3v) is 5.02. The van der Waals surface area contributed by atoms with Gasteiger partial charge in [-0.2, -0.15) is 0 Å². The fraction of sp³-hybridized carbons (Fsp3) is 0.0500. The number of aliphatic imine (C=N–C) groups is 1. The molecular weight excluding hydrogens is 396 g/mol. The van der Waals surface area contributed by atoms with Crippen molar-refractivity contribution >= 4 is 40.7 Å². The molecule has 8 heteroatoms. The van der Waals surface area contributed by atoms with Gasteiger partial charge in [-0.15, -0.1) is 11.3 Å². The fourth-order valence-corrected chi connectivity index (χ4v) is 3.31. The fourth-order valence-electron chi connectivity index (χ4n) is 2.35. The molecule has 1 aromatic carbocycles. The van der Waals surface area contributed by atoms with E-state index in [0.717, 1.165) is 5.69 Å². The van der Waals surface area contributed by atoms with Gasteiger partial charge in [-0.25, -0.2) is 0 Å². The molecule has 142 valence electrons. The largest absolute Gasteiger partial charge is 0.404 e. The molecule has 0 atom stereocenters. The molecule has 0 fully saturated rings. The van der Waals surface area contributed by atoms with Crippen LogP contribution in [0.3, 0.4) is 0 Å². The van der Waals surface area contributed by atoms with Crippen molar-refractivity contribution in [3.05, 3.63) is 92.1 Å². The normalized spacial score (nSPS) is 11.7. The highest BCUT2D eigenvalue weighted by Gasteiger charge is 2.08. The van der Waals surface area contributed by atoms with E-state index in [1.807, 2.05) is 12.1 Å². The molecule has 6 nitrogen and oxygen atoms in total. The number of thiophene rings is 1. The highest BCUT2D eigenvalue weighted by molar-refractivity contribution is 7.18. The van der Waals surface area contributed by atoms with Crippen LogP contribution >= 0.6 is 22.9 Å². The van der Waals surface area contributed by atoms with Gasteiger partial charge in [0.1, 0.15) is 0 Å². The molecular formula is C20H17ClN4O2S. The van der Waals surface area contributed by atoms with Gasteiger partial charge in [0, 0.05) is 42.5 Å². The smallest absolute Gasteiger partial charge is 0.261 e. The number of amides is 1. The second kappa shape index (κ2) is 9.16. The van der Waals surface area contributed by atoms with E-state index in [2.05, 4.69) is 10.3 Å². The van der Waals surface area contributed by atoms with Crippen LogP contribution in [0.4, 0.5) is 5.69 Å². The third-order valence-electron chi connectivity index (χ3n) is 3.79. The van der Waals surface area contributed by atoms with Gasteiger partial charge in [-0.05, 0) is 42.5 Å². The lowest BCUT2D eigenvalue weighted by atomic mass is 10.2. The Morgan fingerprint density at radius 3 is 2.61 bits per heavy atom. The van der Waals surface area contributed by atoms with Crippen LogP contribution in [0.2, 0.25) is 4.34 Å². The van der Waals surface area contributed by atoms with Crippen molar-refractivity contribution in [3.63, 3.8) is 0 Å². The maximum Gasteiger partial charge on any atom is 0.261 e. The van der Waals surface area contributed by atoms with Crippen molar-refractivity contribution < 1.29 is 4.79 Å². The van der Waals surface area contributed by atoms with E-state index in [-0.39, 0.29) is 18.0 Å². The van der Waals surface area contributed by atoms with Crippen molar-refractivity contribution in [2.24, 2.45) is 10.7 Å². The quantitative estimate of drug-likeness (QED) is 0.607. The second-order valence-corrected chi connectivity index (χ2v) is 7.43. The first kappa shape index (κ1) is 19.6. The monoisotopic (exact) mass is 412 g/mol. The zero-order chi connectivity index (χ0) is 19.9. The molecule has 1 amide bonds. The lowest BCUT2D eigenvalue weighted by Crippen LogP contribution is -2.25. The average Bonchev–Trinajstić information content (AvgIpc) is 3.15. The minimum Gasteiger partial charge on any atom is -0.404 e. The van der Waals surface area contributed by atoms with Gasteiger partial charge in [-0.3, -0.25) is 19.1 Å². The van der Waals surface area contributed by atoms with Gasteiger partial charge in [0.2, 0.25) is 0 Å². The Balaban J connectivity index is 1.62. The summed E-state index contributed by atoms with van der Waals surface area (Å²) in [7, 11) is 0. The Hall–Kier alpha value is -3.16. The van der Waals surface area contributed by atoms with Crippen molar-refractivity contribution in [2.45, 2.75) is 0 Å². The van der Waals surface area contributed by atoms with Gasteiger partial charge in [0.15, 0.2) is 0 Å². The molecule has 0 aliphatic rings. The molecule has 0 saturated carbocycles. The average molecular weight is 413 g/mol. The van der Waals surface area contributed by atoms with Crippen molar-refractivity contribution in [3.8, 4) is 5.69 Å². The van der Waals surface area contributed by atoms with Crippen molar-refractivity contribution in [2.75, 3.05) is 6.54 Å². The van der Waals surface area contributed by atoms with E-state index in [1.165, 1.54) is 23.6 Å². The number of benzene rings is 1. The van der Waals surface area contributed by atoms with Gasteiger partial charge >= 0.3 is 0 Å². The first-order valence-electron chi connectivity index (χ1n) is 8.33. The maximum absolute atomic E-state index is 12.1. The highest BCUT2D eigenvalue weighted by Crippen LogP contribution is 2.21. The third kappa shape index (κ3) is 4.97. The lowest BCUT2D eigenvalue weighted by Gasteiger charge is -2.05. The van der Waals surface area contributed by atoms with Gasteiger partial charge in [-0.1, -0.05) is 17.7 Å². The van der Waals surface area contributed by atoms with Gasteiger partial charge in [0.05, 0.1) is 14.9 Å². The summed E-state index contributed by atoms with van der Waals surface area (Å²) in [6.45, 7) is 0.242. The SMILES string of the molecule is NC=C(C=Nc1ccc(-n2ccccc2=O)cc1)CNC(=O)c1ccc(Cl)s1. The predicted molar refractivity (Wildman–Crippen MR) is 114 cm³/mol. The van der Waals surface area contributed by atoms with Crippen LogP contribution in [0.25, 0.3) is 5.69 Å². The van der Waals surface area contributed by atoms with Gasteiger partial charge < -0.3 is 11.1 Å². The number of hydrogen-bond donors (Lipinski definition) is 2. The minimum absolute atomic E-state index is 0.102. The molecule has 28 heavy (non-hydrogen) atoms. The highest BCUT2D eigenvalue weighted by atomic mass is 35.5. The predicted octanol–water partition coefficient (Wildman–Crippen LogP) is 3.53. The molecule has 0 spiro atoms. The topological polar surface area (TPSA) is 89.5 Å². The summed E-state index contributed by atoms with van der Waals surface area (Å²) in [6.07, 6.45) is 4.69. The zero-order valence-electron chi connectivity index (χ0n) is 14.7. The Morgan fingerprint density at radius 1 is 1.18 bits per heavy atom. The molecule has 0 aliphatic carbocycles. The van der Waals surface area contributed by atoms with Gasteiger partial charge in [0.25, 0.3) is 11.5 Å². The number of rotatable bonds is 6. The molecule has 2 heterocycles. The Morgan fingerprint density at radius 2 is 1.96 bits per heavy atom. The number of carbonyl (C=O) groups is 1. The molecule has 0 bridgehead atoms. The molecule has 0 radical (unpaired) electrons. The van der Waals surface area contributed by atoms with Crippen LogP contribution in [0.1, 0.15) is 9.67 Å². The summed E-state index contributed by atoms with van der Waals surface area (Å²) in [5.41, 5.74) is 7.62. The molecule has 3 rings (SSSR count). The Kier molecular flexibility index (Phi) is 6.41. The number of aromatic nitrogens is 1. The number of halogens is 1. The number of nitrogens with two attached hydrogens (primary N) is 1. The van der Waals surface area contributed by atoms with E-state index in [1.54, 1.807) is 53.4 Å². The van der Waals surface area contributed by atoms with E-state index in [4.69, 9.17) is 17.3 Å². The number of hydrogen-bond acceptors (Lipinski definition) is 5. The summed E-state index contributed by atoms with van der Waals surface area (Å²) < 4.78 is 2.10. The standard InChI is InChI=1S/C20H17ClN4O2S/c21-18-9-8-17(28-18)20(27)24-13-14(11-22)12-23-15-4-6-16(7-5-15)25-10-2-1-3-19(25)26/h1-12H,13,22H2,(H,24,27). The molecule has 2 aromatic heterocycles. The first-order chi connectivity index (χ1) is 13.6. The summed E-state index contributed by atoms with van der Waals surface area (Å²) in [4.78, 5) is 28.8. The molecule has 0 aliphatic heterocycles. The minimum atomic E-state index is -0.220. The van der Waals surface area contributed by atoms with Crippen LogP contribution in [0.5, 0.6) is 0 Å². The van der Waals surface area contributed by atoms with E-state index >= 15 is 0 Å². The van der Waals surface area contributed by atoms with E-state index in [0.29, 0.717) is 20.5 Å². The molecule has 0 unspecified atom stereocenters. The summed E-state index contributed by atoms with van der Waals surface area (Å²) >= 11 is 7.05. The number of carbonyl (C=O) groups excluding carboxylic acids is 1. The Labute approximate surface area is 170 Å². The lowest BCUT2D eigenvalue weighted by molar-refractivity contribution is 0.0961. The van der Waals surface area contributed by atoms with Crippen LogP contribution in [0.15, 0.2) is 82.4 Å². The molecule has 3 N–H and O–H groups in total. The maximum atomic E-state index is 12.1. The zero-order valence-corrected chi connectivity index (χ0v) is 16.3. The van der Waals surface area contributed by atoms with Crippen molar-refractivity contribution in [1.29, 1.82) is 0 Å². The number of nitrogens with one attached hydrogen (secondary N) is 1. The Bertz CT molecular complexity index is 1080. The van der Waals surface area contributed by atoms with E-state index < -0.39 is 0 Å². The second-order valence-electron chi connectivity index (χ2n) is 5.71. The first-order valence-corrected chi connectivity index (χ1v) is 9.53. The van der Waals surface area contributed by atoms with Crippen molar-refractivity contribution in [1.82, 2.24) is 9.88 Å². The van der Waals surface area contributed by atoms with Crippen LogP contribution in [-0.2, 0) is 0 Å².